The average Bonchev–Trinajstić information content (AvgIpc) is 2.99. The number of aliphatic hydroxyl groups is 1. The van der Waals surface area contributed by atoms with Gasteiger partial charge in [-0.3, -0.25) is 0 Å². The van der Waals surface area contributed by atoms with E-state index in [1.54, 1.807) is 12.2 Å². The first-order valence-corrected chi connectivity index (χ1v) is 13.3. The van der Waals surface area contributed by atoms with E-state index < -0.39 is 36.6 Å². The van der Waals surface area contributed by atoms with Crippen LogP contribution in [-0.2, 0) is 43.5 Å². The summed E-state index contributed by atoms with van der Waals surface area (Å²) in [6, 6.07) is 29.7. The van der Waals surface area contributed by atoms with Gasteiger partial charge in [0.05, 0.1) is 33.0 Å². The average molecular weight is 531 g/mol. The van der Waals surface area contributed by atoms with Crippen molar-refractivity contribution in [1.82, 2.24) is 0 Å². The normalized spacial score (nSPS) is 24.7. The van der Waals surface area contributed by atoms with Crippen LogP contribution in [0.1, 0.15) is 16.7 Å². The fourth-order valence-electron chi connectivity index (χ4n) is 4.75. The molecule has 4 rings (SSSR count). The zero-order valence-electron chi connectivity index (χ0n) is 22.2. The smallest absolute Gasteiger partial charge is 0.116 e. The second kappa shape index (κ2) is 15.5. The summed E-state index contributed by atoms with van der Waals surface area (Å²) in [6.45, 7) is 9.03. The van der Waals surface area contributed by atoms with Gasteiger partial charge in [0.15, 0.2) is 0 Å². The second-order valence-corrected chi connectivity index (χ2v) is 9.45. The number of aliphatic hydroxyl groups excluding tert-OH is 1. The van der Waals surface area contributed by atoms with E-state index in [1.807, 2.05) is 91.0 Å². The molecule has 206 valence electrons. The predicted octanol–water partition coefficient (Wildman–Crippen LogP) is 5.26. The summed E-state index contributed by atoms with van der Waals surface area (Å²) in [5, 5.41) is 11.6. The van der Waals surface area contributed by atoms with Crippen LogP contribution in [0.3, 0.4) is 0 Å². The Labute approximate surface area is 231 Å². The lowest BCUT2D eigenvalue weighted by atomic mass is 9.83. The first kappa shape index (κ1) is 28.9. The molecule has 6 atom stereocenters. The molecular weight excluding hydrogens is 492 g/mol. The molecule has 0 bridgehead atoms. The molecule has 1 saturated carbocycles. The van der Waals surface area contributed by atoms with Crippen molar-refractivity contribution in [2.45, 2.75) is 56.4 Å². The first-order valence-electron chi connectivity index (χ1n) is 13.3. The van der Waals surface area contributed by atoms with Crippen molar-refractivity contribution in [3.05, 3.63) is 133 Å². The highest BCUT2D eigenvalue weighted by Gasteiger charge is 2.53. The molecule has 1 aliphatic rings. The molecule has 1 aliphatic carbocycles. The van der Waals surface area contributed by atoms with Gasteiger partial charge in [0, 0.05) is 0 Å². The van der Waals surface area contributed by atoms with E-state index in [1.165, 1.54) is 0 Å². The van der Waals surface area contributed by atoms with Gasteiger partial charge in [0.2, 0.25) is 0 Å². The minimum atomic E-state index is -1.04. The van der Waals surface area contributed by atoms with Crippen molar-refractivity contribution in [3.63, 3.8) is 0 Å². The van der Waals surface area contributed by atoms with Crippen LogP contribution in [0, 0.1) is 0 Å². The number of hydrogen-bond donors (Lipinski definition) is 1. The zero-order chi connectivity index (χ0) is 27.3. The van der Waals surface area contributed by atoms with Gasteiger partial charge in [-0.1, -0.05) is 103 Å². The standard InChI is InChI=1S/C33H38O6/c1-3-20-35-29-28(34)30(37-22-25-14-8-5-9-15-25)32(38-23-26-16-10-6-11-17-26)33(31(29)36-21-4-2)39-24-27-18-12-7-13-19-27/h3-19,28-34H,1-2,20-24H2/t28-,29+,30-,31-,32+,33+/m0/s1. The molecule has 0 saturated heterocycles. The highest BCUT2D eigenvalue weighted by Crippen LogP contribution is 2.34. The molecule has 3 aromatic rings. The highest BCUT2D eigenvalue weighted by molar-refractivity contribution is 5.16. The van der Waals surface area contributed by atoms with Crippen LogP contribution in [-0.4, -0.2) is 54.9 Å². The van der Waals surface area contributed by atoms with Crippen LogP contribution < -0.4 is 0 Å². The maximum Gasteiger partial charge on any atom is 0.116 e. The molecule has 0 spiro atoms. The van der Waals surface area contributed by atoms with Gasteiger partial charge < -0.3 is 28.8 Å². The van der Waals surface area contributed by atoms with E-state index >= 15 is 0 Å². The number of rotatable bonds is 15. The Morgan fingerprint density at radius 2 is 0.795 bits per heavy atom. The Bertz CT molecular complexity index is 1110. The van der Waals surface area contributed by atoms with Gasteiger partial charge in [-0.25, -0.2) is 0 Å². The molecule has 3 aromatic carbocycles. The predicted molar refractivity (Wildman–Crippen MR) is 151 cm³/mol. The number of benzene rings is 3. The van der Waals surface area contributed by atoms with Gasteiger partial charge in [0.25, 0.3) is 0 Å². The van der Waals surface area contributed by atoms with E-state index in [-0.39, 0.29) is 13.2 Å². The van der Waals surface area contributed by atoms with E-state index in [2.05, 4.69) is 13.2 Å². The van der Waals surface area contributed by atoms with Crippen LogP contribution in [0.15, 0.2) is 116 Å². The molecule has 39 heavy (non-hydrogen) atoms. The molecule has 0 aromatic heterocycles. The first-order chi connectivity index (χ1) is 19.2. The van der Waals surface area contributed by atoms with E-state index in [4.69, 9.17) is 23.7 Å². The minimum Gasteiger partial charge on any atom is -0.387 e. The third-order valence-electron chi connectivity index (χ3n) is 6.64. The Balaban J connectivity index is 1.66. The van der Waals surface area contributed by atoms with E-state index in [9.17, 15) is 5.11 Å². The fourth-order valence-corrected chi connectivity index (χ4v) is 4.75. The zero-order valence-corrected chi connectivity index (χ0v) is 22.2. The van der Waals surface area contributed by atoms with Crippen molar-refractivity contribution < 1.29 is 28.8 Å². The summed E-state index contributed by atoms with van der Waals surface area (Å²) in [4.78, 5) is 0. The maximum atomic E-state index is 11.6. The summed E-state index contributed by atoms with van der Waals surface area (Å²) in [5.41, 5.74) is 3.00. The number of hydrogen-bond acceptors (Lipinski definition) is 6. The Morgan fingerprint density at radius 1 is 0.487 bits per heavy atom. The van der Waals surface area contributed by atoms with Crippen LogP contribution >= 0.6 is 0 Å². The minimum absolute atomic E-state index is 0.238. The Hall–Kier alpha value is -3.10. The molecule has 6 heteroatoms. The fraction of sp³-hybridized carbons (Fsp3) is 0.333. The lowest BCUT2D eigenvalue weighted by Crippen LogP contribution is -2.67. The van der Waals surface area contributed by atoms with Crippen molar-refractivity contribution >= 4 is 0 Å². The number of ether oxygens (including phenoxy) is 5. The van der Waals surface area contributed by atoms with Crippen LogP contribution in [0.2, 0.25) is 0 Å². The third-order valence-corrected chi connectivity index (χ3v) is 6.64. The van der Waals surface area contributed by atoms with Crippen LogP contribution in [0.4, 0.5) is 0 Å². The van der Waals surface area contributed by atoms with Crippen LogP contribution in [0.25, 0.3) is 0 Å². The van der Waals surface area contributed by atoms with Crippen molar-refractivity contribution in [1.29, 1.82) is 0 Å². The summed E-state index contributed by atoms with van der Waals surface area (Å²) in [6.07, 6.45) is -1.09. The maximum absolute atomic E-state index is 11.6. The Kier molecular flexibility index (Phi) is 11.5. The molecule has 0 aliphatic heterocycles. The highest BCUT2D eigenvalue weighted by atomic mass is 16.6. The lowest BCUT2D eigenvalue weighted by molar-refractivity contribution is -0.276. The molecule has 0 radical (unpaired) electrons. The van der Waals surface area contributed by atoms with E-state index in [0.717, 1.165) is 16.7 Å². The van der Waals surface area contributed by atoms with Crippen molar-refractivity contribution in [2.24, 2.45) is 0 Å². The van der Waals surface area contributed by atoms with Gasteiger partial charge in [-0.15, -0.1) is 13.2 Å². The quantitative estimate of drug-likeness (QED) is 0.271. The topological polar surface area (TPSA) is 66.4 Å². The summed E-state index contributed by atoms with van der Waals surface area (Å²) >= 11 is 0. The third kappa shape index (κ3) is 8.19. The van der Waals surface area contributed by atoms with Gasteiger partial charge in [-0.05, 0) is 16.7 Å². The molecule has 0 heterocycles. The lowest BCUT2D eigenvalue weighted by Gasteiger charge is -2.48. The molecule has 6 nitrogen and oxygen atoms in total. The van der Waals surface area contributed by atoms with Crippen LogP contribution in [0.5, 0.6) is 0 Å². The van der Waals surface area contributed by atoms with Crippen molar-refractivity contribution in [3.8, 4) is 0 Å². The van der Waals surface area contributed by atoms with Crippen molar-refractivity contribution in [2.75, 3.05) is 13.2 Å². The summed E-state index contributed by atoms with van der Waals surface area (Å²) < 4.78 is 31.7. The molecule has 0 amide bonds. The summed E-state index contributed by atoms with van der Waals surface area (Å²) in [5.74, 6) is 0. The Morgan fingerprint density at radius 3 is 1.21 bits per heavy atom. The van der Waals surface area contributed by atoms with Gasteiger partial charge in [0.1, 0.15) is 36.6 Å². The SMILES string of the molecule is C=CCO[C@@H]1[C@@H](OCc2ccccc2)[C@H](OCc2ccccc2)[C@@H](OCc2ccccc2)[C@@H](O)[C@H]1OCC=C. The largest absolute Gasteiger partial charge is 0.387 e. The monoisotopic (exact) mass is 530 g/mol. The molecular formula is C33H38O6. The van der Waals surface area contributed by atoms with E-state index in [0.29, 0.717) is 19.8 Å². The molecule has 1 N–H and O–H groups in total. The van der Waals surface area contributed by atoms with Gasteiger partial charge in [-0.2, -0.15) is 0 Å². The molecule has 0 unspecified atom stereocenters. The second-order valence-electron chi connectivity index (χ2n) is 9.45. The summed E-state index contributed by atoms with van der Waals surface area (Å²) in [7, 11) is 0. The molecule has 1 fully saturated rings. The van der Waals surface area contributed by atoms with Gasteiger partial charge >= 0.3 is 0 Å².